The second kappa shape index (κ2) is 8.18. The number of aryl methyl sites for hydroxylation is 1. The molecule has 0 radical (unpaired) electrons. The van der Waals surface area contributed by atoms with Crippen molar-refractivity contribution in [3.8, 4) is 11.3 Å². The zero-order valence-electron chi connectivity index (χ0n) is 16.8. The second-order valence-corrected chi connectivity index (χ2v) is 8.16. The fraction of sp³-hybridized carbons (Fsp3) is 0.286. The molecule has 0 spiro atoms. The smallest absolute Gasteiger partial charge is 0.382 e. The van der Waals surface area contributed by atoms with Crippen molar-refractivity contribution in [3.63, 3.8) is 0 Å². The van der Waals surface area contributed by atoms with Crippen LogP contribution < -0.4 is 15.5 Å². The first-order valence-electron chi connectivity index (χ1n) is 9.67. The minimum Gasteiger partial charge on any atom is -0.382 e. The first-order valence-corrected chi connectivity index (χ1v) is 10.6. The average molecular weight is 447 g/mol. The molecule has 3 aromatic rings. The lowest BCUT2D eigenvalue weighted by Crippen LogP contribution is -2.42. The van der Waals surface area contributed by atoms with Crippen LogP contribution >= 0.6 is 11.3 Å². The first-order chi connectivity index (χ1) is 14.7. The molecule has 1 aliphatic rings. The predicted molar refractivity (Wildman–Crippen MR) is 116 cm³/mol. The highest BCUT2D eigenvalue weighted by Crippen LogP contribution is 2.35. The molecule has 0 bridgehead atoms. The topological polar surface area (TPSA) is 70.2 Å². The molecule has 0 fully saturated rings. The van der Waals surface area contributed by atoms with Gasteiger partial charge in [0.25, 0.3) is 0 Å². The molecule has 0 saturated heterocycles. The van der Waals surface area contributed by atoms with Crippen molar-refractivity contribution in [2.75, 3.05) is 22.1 Å². The van der Waals surface area contributed by atoms with E-state index >= 15 is 0 Å². The summed E-state index contributed by atoms with van der Waals surface area (Å²) in [6.45, 7) is 4.38. The van der Waals surface area contributed by atoms with Crippen LogP contribution in [0.25, 0.3) is 11.3 Å². The number of carbonyl (C=O) groups excluding carboxylic acids is 1. The van der Waals surface area contributed by atoms with Gasteiger partial charge in [0.05, 0.1) is 22.6 Å². The number of alkyl halides is 3. The Morgan fingerprint density at radius 2 is 2.06 bits per heavy atom. The minimum absolute atomic E-state index is 0.181. The number of amides is 2. The number of carbonyl (C=O) groups is 1. The van der Waals surface area contributed by atoms with Crippen LogP contribution in [0.5, 0.6) is 0 Å². The molecule has 0 aliphatic carbocycles. The lowest BCUT2D eigenvalue weighted by molar-refractivity contribution is -0.137. The summed E-state index contributed by atoms with van der Waals surface area (Å²) in [6, 6.07) is 7.82. The number of thiazole rings is 1. The molecular formula is C21H20F3N5OS. The molecule has 10 heteroatoms. The third kappa shape index (κ3) is 4.48. The highest BCUT2D eigenvalue weighted by atomic mass is 32.1. The van der Waals surface area contributed by atoms with Crippen LogP contribution in [0, 0.1) is 6.92 Å². The molecule has 1 aliphatic heterocycles. The van der Waals surface area contributed by atoms with E-state index < -0.39 is 11.7 Å². The van der Waals surface area contributed by atoms with E-state index in [1.54, 1.807) is 18.2 Å². The van der Waals surface area contributed by atoms with Gasteiger partial charge in [-0.3, -0.25) is 10.2 Å². The molecule has 3 heterocycles. The van der Waals surface area contributed by atoms with Crippen LogP contribution in [0.3, 0.4) is 0 Å². The number of fused-ring (bicyclic) bond motifs is 1. The van der Waals surface area contributed by atoms with E-state index in [2.05, 4.69) is 20.6 Å². The van der Waals surface area contributed by atoms with Crippen molar-refractivity contribution in [3.05, 3.63) is 53.0 Å². The Hall–Kier alpha value is -3.14. The highest BCUT2D eigenvalue weighted by Gasteiger charge is 2.31. The van der Waals surface area contributed by atoms with Crippen molar-refractivity contribution in [1.82, 2.24) is 9.97 Å². The summed E-state index contributed by atoms with van der Waals surface area (Å²) in [7, 11) is 0. The molecule has 2 aromatic heterocycles. The zero-order valence-corrected chi connectivity index (χ0v) is 17.6. The largest absolute Gasteiger partial charge is 0.416 e. The minimum atomic E-state index is -4.45. The number of aromatic nitrogens is 2. The van der Waals surface area contributed by atoms with Crippen LogP contribution in [0.2, 0.25) is 0 Å². The third-order valence-corrected chi connectivity index (χ3v) is 5.83. The number of nitrogens with zero attached hydrogens (tertiary/aromatic N) is 3. The van der Waals surface area contributed by atoms with Gasteiger partial charge in [0.1, 0.15) is 0 Å². The summed E-state index contributed by atoms with van der Waals surface area (Å²) in [4.78, 5) is 23.5. The van der Waals surface area contributed by atoms with Gasteiger partial charge in [-0.25, -0.2) is 14.8 Å². The molecule has 162 valence electrons. The number of urea groups is 1. The van der Waals surface area contributed by atoms with E-state index in [1.807, 2.05) is 19.2 Å². The van der Waals surface area contributed by atoms with Crippen LogP contribution in [0.1, 0.15) is 24.6 Å². The summed E-state index contributed by atoms with van der Waals surface area (Å²) < 4.78 is 39.4. The lowest BCUT2D eigenvalue weighted by atomic mass is 10.1. The Morgan fingerprint density at radius 1 is 1.26 bits per heavy atom. The van der Waals surface area contributed by atoms with Gasteiger partial charge >= 0.3 is 12.2 Å². The van der Waals surface area contributed by atoms with Crippen LogP contribution in [0.15, 0.2) is 41.8 Å². The number of benzene rings is 1. The molecule has 2 N–H and O–H groups in total. The van der Waals surface area contributed by atoms with E-state index in [0.29, 0.717) is 40.9 Å². The Kier molecular flexibility index (Phi) is 5.57. The molecule has 0 saturated carbocycles. The van der Waals surface area contributed by atoms with Crippen LogP contribution in [-0.4, -0.2) is 28.6 Å². The number of pyridine rings is 1. The monoisotopic (exact) mass is 447 g/mol. The quantitative estimate of drug-likeness (QED) is 0.523. The van der Waals surface area contributed by atoms with Crippen molar-refractivity contribution in [2.24, 2.45) is 0 Å². The molecule has 0 unspecified atom stereocenters. The lowest BCUT2D eigenvalue weighted by Gasteiger charge is -2.27. The maximum Gasteiger partial charge on any atom is 0.416 e. The normalized spacial score (nSPS) is 16.3. The molecule has 1 atom stereocenters. The first kappa shape index (κ1) is 21.1. The van der Waals surface area contributed by atoms with Crippen LogP contribution in [-0.2, 0) is 6.18 Å². The number of hydrogen-bond donors (Lipinski definition) is 2. The van der Waals surface area contributed by atoms with Gasteiger partial charge in [-0.2, -0.15) is 13.2 Å². The van der Waals surface area contributed by atoms with Gasteiger partial charge in [-0.1, -0.05) is 12.1 Å². The van der Waals surface area contributed by atoms with Crippen molar-refractivity contribution >= 4 is 34.0 Å². The van der Waals surface area contributed by atoms with E-state index in [4.69, 9.17) is 0 Å². The average Bonchev–Trinajstić information content (AvgIpc) is 3.04. The molecule has 4 rings (SSSR count). The fourth-order valence-corrected chi connectivity index (χ4v) is 4.08. The molecule has 1 aromatic carbocycles. The summed E-state index contributed by atoms with van der Waals surface area (Å²) in [5.74, 6) is 0.366. The van der Waals surface area contributed by atoms with Crippen molar-refractivity contribution in [2.45, 2.75) is 32.5 Å². The van der Waals surface area contributed by atoms with Crippen molar-refractivity contribution in [1.29, 1.82) is 0 Å². The molecular weight excluding hydrogens is 427 g/mol. The third-order valence-electron chi connectivity index (χ3n) is 4.96. The number of hydrogen-bond acceptors (Lipinski definition) is 5. The standard InChI is InChI=1S/C21H20F3N5OS/c1-12-11-31-19(26-12)28-20(30)29-13(2)8-9-25-17-7-6-16(27-18(17)29)14-4-3-5-15(10-14)21(22,23)24/h3-7,10-11,13,25H,8-9H2,1-2H3,(H,26,28,30)/t13-/m1/s1. The Labute approximate surface area is 181 Å². The predicted octanol–water partition coefficient (Wildman–Crippen LogP) is 5.77. The van der Waals surface area contributed by atoms with E-state index in [9.17, 15) is 18.0 Å². The second-order valence-electron chi connectivity index (χ2n) is 7.30. The number of halogens is 3. The van der Waals surface area contributed by atoms with Crippen molar-refractivity contribution < 1.29 is 18.0 Å². The Morgan fingerprint density at radius 3 is 2.77 bits per heavy atom. The zero-order chi connectivity index (χ0) is 22.2. The summed E-state index contributed by atoms with van der Waals surface area (Å²) in [5, 5.41) is 8.35. The number of rotatable bonds is 2. The van der Waals surface area contributed by atoms with E-state index in [0.717, 1.165) is 17.8 Å². The fourth-order valence-electron chi connectivity index (χ4n) is 3.40. The number of anilines is 3. The summed E-state index contributed by atoms with van der Waals surface area (Å²) in [6.07, 6.45) is -3.77. The summed E-state index contributed by atoms with van der Waals surface area (Å²) in [5.41, 5.74) is 1.37. The maximum absolute atomic E-state index is 13.1. The molecule has 6 nitrogen and oxygen atoms in total. The SMILES string of the molecule is Cc1csc(NC(=O)N2c3nc(-c4cccc(C(F)(F)F)c4)ccc3NCC[C@H]2C)n1. The highest BCUT2D eigenvalue weighted by molar-refractivity contribution is 7.13. The number of nitrogens with one attached hydrogen (secondary N) is 2. The van der Waals surface area contributed by atoms with Gasteiger partial charge in [0.2, 0.25) is 0 Å². The maximum atomic E-state index is 13.1. The molecule has 31 heavy (non-hydrogen) atoms. The van der Waals surface area contributed by atoms with Crippen LogP contribution in [0.4, 0.5) is 34.6 Å². The van der Waals surface area contributed by atoms with E-state index in [1.165, 1.54) is 22.3 Å². The van der Waals surface area contributed by atoms with Gasteiger partial charge in [-0.05, 0) is 44.5 Å². The Bertz CT molecular complexity index is 1110. The van der Waals surface area contributed by atoms with Gasteiger partial charge in [-0.15, -0.1) is 11.3 Å². The van der Waals surface area contributed by atoms with E-state index in [-0.39, 0.29) is 12.1 Å². The van der Waals surface area contributed by atoms with Gasteiger partial charge in [0, 0.05) is 23.5 Å². The van der Waals surface area contributed by atoms with Gasteiger partial charge in [0.15, 0.2) is 10.9 Å². The Balaban J connectivity index is 1.73. The van der Waals surface area contributed by atoms with Gasteiger partial charge < -0.3 is 5.32 Å². The molecule has 2 amide bonds. The summed E-state index contributed by atoms with van der Waals surface area (Å²) >= 11 is 1.32.